The Kier molecular flexibility index (Phi) is 4.11. The van der Waals surface area contributed by atoms with Crippen LogP contribution in [0.15, 0.2) is 18.3 Å². The lowest BCUT2D eigenvalue weighted by Crippen LogP contribution is -2.52. The largest absolute Gasteiger partial charge is 0.357 e. The number of hydrogen-bond donors (Lipinski definition) is 3. The topological polar surface area (TPSA) is 77.2 Å². The highest BCUT2D eigenvalue weighted by Crippen LogP contribution is 1.98. The molecule has 6 nitrogen and oxygen atoms in total. The maximum absolute atomic E-state index is 11.7. The van der Waals surface area contributed by atoms with Crippen LogP contribution in [-0.4, -0.2) is 53.9 Å². The highest BCUT2D eigenvalue weighted by molar-refractivity contribution is 6.04. The maximum atomic E-state index is 11.7. The molecule has 0 aliphatic carbocycles. The molecule has 3 N–H and O–H groups in total. The number of aromatic amines is 1. The molecule has 1 fully saturated rings. The van der Waals surface area contributed by atoms with E-state index < -0.39 is 0 Å². The Balaban J connectivity index is 1.80. The summed E-state index contributed by atoms with van der Waals surface area (Å²) in [6.07, 6.45) is 1.65. The van der Waals surface area contributed by atoms with E-state index in [-0.39, 0.29) is 18.4 Å². The van der Waals surface area contributed by atoms with E-state index in [1.165, 1.54) is 0 Å². The molecule has 2 amide bonds. The van der Waals surface area contributed by atoms with E-state index in [0.717, 1.165) is 19.6 Å². The quantitative estimate of drug-likeness (QED) is 0.680. The van der Waals surface area contributed by atoms with Crippen molar-refractivity contribution in [2.75, 3.05) is 26.2 Å². The average molecular weight is 250 g/mol. The molecule has 0 aromatic carbocycles. The SMILES string of the molecule is CC1CN(CC(=O)NC(=O)c2ccc[nH]2)CCN1. The number of aromatic nitrogens is 1. The van der Waals surface area contributed by atoms with Crippen molar-refractivity contribution in [3.8, 4) is 0 Å². The second-order valence-corrected chi connectivity index (χ2v) is 4.55. The van der Waals surface area contributed by atoms with Gasteiger partial charge in [0, 0.05) is 31.9 Å². The Labute approximate surface area is 106 Å². The number of H-pyrrole nitrogens is 1. The summed E-state index contributed by atoms with van der Waals surface area (Å²) in [4.78, 5) is 28.1. The lowest BCUT2D eigenvalue weighted by molar-refractivity contribution is -0.121. The number of imide groups is 1. The molecule has 1 aromatic heterocycles. The first-order valence-corrected chi connectivity index (χ1v) is 6.08. The van der Waals surface area contributed by atoms with Crippen LogP contribution >= 0.6 is 0 Å². The predicted molar refractivity (Wildman–Crippen MR) is 67.2 cm³/mol. The average Bonchev–Trinajstić information content (AvgIpc) is 2.81. The maximum Gasteiger partial charge on any atom is 0.274 e. The zero-order valence-corrected chi connectivity index (χ0v) is 10.4. The summed E-state index contributed by atoms with van der Waals surface area (Å²) < 4.78 is 0. The monoisotopic (exact) mass is 250 g/mol. The Morgan fingerprint density at radius 2 is 2.39 bits per heavy atom. The molecular weight excluding hydrogens is 232 g/mol. The highest BCUT2D eigenvalue weighted by atomic mass is 16.2. The molecule has 18 heavy (non-hydrogen) atoms. The van der Waals surface area contributed by atoms with Crippen molar-refractivity contribution in [1.29, 1.82) is 0 Å². The molecule has 1 aromatic rings. The van der Waals surface area contributed by atoms with E-state index >= 15 is 0 Å². The molecule has 1 aliphatic heterocycles. The Morgan fingerprint density at radius 1 is 1.56 bits per heavy atom. The third kappa shape index (κ3) is 3.41. The van der Waals surface area contributed by atoms with Crippen molar-refractivity contribution in [3.63, 3.8) is 0 Å². The standard InChI is InChI=1S/C12H18N4O2/c1-9-7-16(6-5-13-9)8-11(17)15-12(18)10-3-2-4-14-10/h2-4,9,13-14H,5-8H2,1H3,(H,15,17,18). The van der Waals surface area contributed by atoms with Gasteiger partial charge in [-0.2, -0.15) is 0 Å². The molecule has 0 radical (unpaired) electrons. The number of nitrogens with zero attached hydrogens (tertiary/aromatic N) is 1. The van der Waals surface area contributed by atoms with Gasteiger partial charge in [0.15, 0.2) is 0 Å². The van der Waals surface area contributed by atoms with Crippen molar-refractivity contribution in [3.05, 3.63) is 24.0 Å². The first-order valence-electron chi connectivity index (χ1n) is 6.08. The van der Waals surface area contributed by atoms with Gasteiger partial charge in [-0.1, -0.05) is 0 Å². The minimum Gasteiger partial charge on any atom is -0.357 e. The third-order valence-corrected chi connectivity index (χ3v) is 2.92. The third-order valence-electron chi connectivity index (χ3n) is 2.92. The molecular formula is C12H18N4O2. The van der Waals surface area contributed by atoms with Gasteiger partial charge in [-0.15, -0.1) is 0 Å². The minimum absolute atomic E-state index is 0.260. The normalized spacial score (nSPS) is 20.6. The van der Waals surface area contributed by atoms with Crippen LogP contribution in [0.25, 0.3) is 0 Å². The Hall–Kier alpha value is -1.66. The van der Waals surface area contributed by atoms with E-state index in [0.29, 0.717) is 11.7 Å². The van der Waals surface area contributed by atoms with Crippen LogP contribution in [0.4, 0.5) is 0 Å². The van der Waals surface area contributed by atoms with Gasteiger partial charge in [0.25, 0.3) is 5.91 Å². The molecule has 1 unspecified atom stereocenters. The van der Waals surface area contributed by atoms with Crippen LogP contribution in [0.1, 0.15) is 17.4 Å². The zero-order chi connectivity index (χ0) is 13.0. The van der Waals surface area contributed by atoms with Crippen molar-refractivity contribution < 1.29 is 9.59 Å². The van der Waals surface area contributed by atoms with E-state index in [1.54, 1.807) is 18.3 Å². The first-order chi connectivity index (χ1) is 8.65. The molecule has 0 saturated carbocycles. The molecule has 6 heteroatoms. The second-order valence-electron chi connectivity index (χ2n) is 4.55. The summed E-state index contributed by atoms with van der Waals surface area (Å²) in [5, 5.41) is 5.68. The molecule has 1 atom stereocenters. The van der Waals surface area contributed by atoms with Crippen LogP contribution in [0, 0.1) is 0 Å². The number of piperazine rings is 1. The number of nitrogens with one attached hydrogen (secondary N) is 3. The van der Waals surface area contributed by atoms with Gasteiger partial charge in [-0.05, 0) is 19.1 Å². The van der Waals surface area contributed by atoms with Gasteiger partial charge in [-0.25, -0.2) is 0 Å². The summed E-state index contributed by atoms with van der Waals surface area (Å²) in [6.45, 7) is 4.87. The van der Waals surface area contributed by atoms with Gasteiger partial charge in [0.1, 0.15) is 5.69 Å². The van der Waals surface area contributed by atoms with Crippen molar-refractivity contribution >= 4 is 11.8 Å². The van der Waals surface area contributed by atoms with E-state index in [2.05, 4.69) is 22.5 Å². The second kappa shape index (κ2) is 5.79. The lowest BCUT2D eigenvalue weighted by atomic mass is 10.2. The van der Waals surface area contributed by atoms with Crippen LogP contribution in [-0.2, 0) is 4.79 Å². The Bertz CT molecular complexity index is 416. The molecule has 1 saturated heterocycles. The van der Waals surface area contributed by atoms with E-state index in [4.69, 9.17) is 0 Å². The molecule has 2 heterocycles. The number of carbonyl (C=O) groups excluding carboxylic acids is 2. The van der Waals surface area contributed by atoms with Crippen LogP contribution in [0.5, 0.6) is 0 Å². The summed E-state index contributed by atoms with van der Waals surface area (Å²) in [6, 6.07) is 3.73. The van der Waals surface area contributed by atoms with Gasteiger partial charge in [0.2, 0.25) is 5.91 Å². The minimum atomic E-state index is -0.381. The van der Waals surface area contributed by atoms with Crippen LogP contribution < -0.4 is 10.6 Å². The van der Waals surface area contributed by atoms with Gasteiger partial charge in [0.05, 0.1) is 6.54 Å². The number of rotatable bonds is 3. The molecule has 98 valence electrons. The Morgan fingerprint density at radius 3 is 3.06 bits per heavy atom. The fraction of sp³-hybridized carbons (Fsp3) is 0.500. The molecule has 1 aliphatic rings. The van der Waals surface area contributed by atoms with Crippen LogP contribution in [0.2, 0.25) is 0 Å². The zero-order valence-electron chi connectivity index (χ0n) is 10.4. The first kappa shape index (κ1) is 12.8. The van der Waals surface area contributed by atoms with E-state index in [1.807, 2.05) is 4.90 Å². The fourth-order valence-corrected chi connectivity index (χ4v) is 2.06. The van der Waals surface area contributed by atoms with Crippen molar-refractivity contribution in [2.45, 2.75) is 13.0 Å². The van der Waals surface area contributed by atoms with Crippen LogP contribution in [0.3, 0.4) is 0 Å². The predicted octanol–water partition coefficient (Wildman–Crippen LogP) is -0.435. The van der Waals surface area contributed by atoms with Crippen molar-refractivity contribution in [1.82, 2.24) is 20.5 Å². The molecule has 0 spiro atoms. The smallest absolute Gasteiger partial charge is 0.274 e. The number of carbonyl (C=O) groups is 2. The molecule has 2 rings (SSSR count). The van der Waals surface area contributed by atoms with Crippen molar-refractivity contribution in [2.24, 2.45) is 0 Å². The summed E-state index contributed by atoms with van der Waals surface area (Å²) in [5.41, 5.74) is 0.400. The number of amides is 2. The fourth-order valence-electron chi connectivity index (χ4n) is 2.06. The summed E-state index contributed by atoms with van der Waals surface area (Å²) in [5.74, 6) is -0.642. The van der Waals surface area contributed by atoms with Gasteiger partial charge >= 0.3 is 0 Å². The summed E-state index contributed by atoms with van der Waals surface area (Å²) in [7, 11) is 0. The van der Waals surface area contributed by atoms with Gasteiger partial charge < -0.3 is 10.3 Å². The summed E-state index contributed by atoms with van der Waals surface area (Å²) >= 11 is 0. The number of hydrogen-bond acceptors (Lipinski definition) is 4. The highest BCUT2D eigenvalue weighted by Gasteiger charge is 2.19. The lowest BCUT2D eigenvalue weighted by Gasteiger charge is -2.31. The van der Waals surface area contributed by atoms with Gasteiger partial charge in [-0.3, -0.25) is 19.8 Å². The van der Waals surface area contributed by atoms with E-state index in [9.17, 15) is 9.59 Å². The molecule has 0 bridgehead atoms.